The van der Waals surface area contributed by atoms with Crippen molar-refractivity contribution in [1.82, 2.24) is 14.7 Å². The molecule has 2 aliphatic rings. The highest BCUT2D eigenvalue weighted by Crippen LogP contribution is 2.39. The lowest BCUT2D eigenvalue weighted by atomic mass is 10.1. The molecular weight excluding hydrogens is 462 g/mol. The number of benzene rings is 2. The number of hydrogen-bond acceptors (Lipinski definition) is 5. The van der Waals surface area contributed by atoms with Gasteiger partial charge < -0.3 is 4.74 Å². The Hall–Kier alpha value is -2.90. The Labute approximate surface area is 209 Å². The summed E-state index contributed by atoms with van der Waals surface area (Å²) in [5, 5.41) is 4.89. The van der Waals surface area contributed by atoms with Crippen LogP contribution in [0.2, 0.25) is 0 Å². The molecule has 0 bridgehead atoms. The molecule has 0 unspecified atom stereocenters. The number of rotatable bonds is 7. The first kappa shape index (κ1) is 22.9. The van der Waals surface area contributed by atoms with E-state index in [1.807, 2.05) is 76.5 Å². The Bertz CT molecular complexity index is 1210. The van der Waals surface area contributed by atoms with E-state index < -0.39 is 0 Å². The average Bonchev–Trinajstić information content (AvgIpc) is 3.59. The van der Waals surface area contributed by atoms with Gasteiger partial charge in [-0.2, -0.15) is 5.10 Å². The lowest BCUT2D eigenvalue weighted by molar-refractivity contribution is -0.123. The molecule has 1 saturated heterocycles. The third-order valence-electron chi connectivity index (χ3n) is 6.16. The van der Waals surface area contributed by atoms with Crippen LogP contribution in [-0.2, 0) is 4.79 Å². The Morgan fingerprint density at radius 2 is 1.85 bits per heavy atom. The van der Waals surface area contributed by atoms with Gasteiger partial charge in [0.25, 0.3) is 5.91 Å². The third-order valence-corrected chi connectivity index (χ3v) is 7.49. The smallest absolute Gasteiger partial charge is 0.266 e. The van der Waals surface area contributed by atoms with Crippen molar-refractivity contribution >= 4 is 40.3 Å². The van der Waals surface area contributed by atoms with Crippen molar-refractivity contribution in [2.45, 2.75) is 45.1 Å². The van der Waals surface area contributed by atoms with Gasteiger partial charge in [0, 0.05) is 23.4 Å². The van der Waals surface area contributed by atoms with Crippen molar-refractivity contribution < 1.29 is 9.53 Å². The first-order valence-electron chi connectivity index (χ1n) is 11.8. The summed E-state index contributed by atoms with van der Waals surface area (Å²) in [6.45, 7) is 2.78. The van der Waals surface area contributed by atoms with E-state index >= 15 is 0 Å². The molecule has 2 fully saturated rings. The molecule has 7 heteroatoms. The van der Waals surface area contributed by atoms with E-state index in [2.05, 4.69) is 6.92 Å². The summed E-state index contributed by atoms with van der Waals surface area (Å²) in [5.41, 5.74) is 3.64. The maximum Gasteiger partial charge on any atom is 0.266 e. The van der Waals surface area contributed by atoms with Gasteiger partial charge in [-0.15, -0.1) is 0 Å². The Balaban J connectivity index is 1.51. The van der Waals surface area contributed by atoms with Crippen LogP contribution in [0.4, 0.5) is 0 Å². The van der Waals surface area contributed by atoms with Gasteiger partial charge in [-0.05, 0) is 61.7 Å². The van der Waals surface area contributed by atoms with Gasteiger partial charge in [-0.25, -0.2) is 4.68 Å². The maximum atomic E-state index is 13.3. The average molecular weight is 490 g/mol. The minimum Gasteiger partial charge on any atom is -0.494 e. The molecule has 34 heavy (non-hydrogen) atoms. The van der Waals surface area contributed by atoms with Crippen LogP contribution in [0.3, 0.4) is 0 Å². The number of ether oxygens (including phenoxy) is 1. The molecule has 3 aromatic rings. The van der Waals surface area contributed by atoms with Crippen LogP contribution in [0.15, 0.2) is 65.7 Å². The summed E-state index contributed by atoms with van der Waals surface area (Å²) >= 11 is 6.99. The molecule has 1 amide bonds. The minimum absolute atomic E-state index is 0.0172. The number of carbonyl (C=O) groups excluding carboxylic acids is 1. The van der Waals surface area contributed by atoms with Gasteiger partial charge >= 0.3 is 0 Å². The van der Waals surface area contributed by atoms with Crippen molar-refractivity contribution in [1.29, 1.82) is 0 Å². The number of amides is 1. The van der Waals surface area contributed by atoms with Crippen LogP contribution in [-0.4, -0.2) is 37.6 Å². The van der Waals surface area contributed by atoms with Crippen LogP contribution in [0.5, 0.6) is 5.75 Å². The first-order valence-corrected chi connectivity index (χ1v) is 13.0. The van der Waals surface area contributed by atoms with Gasteiger partial charge in [-0.1, -0.05) is 61.9 Å². The summed E-state index contributed by atoms with van der Waals surface area (Å²) in [6.07, 6.45) is 9.27. The molecule has 1 aliphatic heterocycles. The molecule has 5 nitrogen and oxygen atoms in total. The topological polar surface area (TPSA) is 47.4 Å². The lowest BCUT2D eigenvalue weighted by Crippen LogP contribution is -2.36. The van der Waals surface area contributed by atoms with Crippen molar-refractivity contribution in [3.05, 3.63) is 71.3 Å². The quantitative estimate of drug-likeness (QED) is 0.281. The number of aromatic nitrogens is 2. The summed E-state index contributed by atoms with van der Waals surface area (Å²) in [5.74, 6) is 0.857. The van der Waals surface area contributed by atoms with E-state index in [0.717, 1.165) is 60.4 Å². The summed E-state index contributed by atoms with van der Waals surface area (Å²) in [6, 6.07) is 18.2. The highest BCUT2D eigenvalue weighted by atomic mass is 32.2. The van der Waals surface area contributed by atoms with Crippen LogP contribution in [0.1, 0.15) is 44.6 Å². The van der Waals surface area contributed by atoms with Gasteiger partial charge in [-0.3, -0.25) is 9.69 Å². The third kappa shape index (κ3) is 4.68. The van der Waals surface area contributed by atoms with Crippen LogP contribution in [0.25, 0.3) is 23.0 Å². The molecule has 1 saturated carbocycles. The Kier molecular flexibility index (Phi) is 6.83. The van der Waals surface area contributed by atoms with Gasteiger partial charge in [0.1, 0.15) is 10.1 Å². The van der Waals surface area contributed by atoms with Crippen molar-refractivity contribution in [2.75, 3.05) is 6.61 Å². The maximum absolute atomic E-state index is 13.3. The van der Waals surface area contributed by atoms with Crippen molar-refractivity contribution in [3.8, 4) is 22.7 Å². The van der Waals surface area contributed by atoms with E-state index in [0.29, 0.717) is 15.8 Å². The molecule has 2 aromatic carbocycles. The second-order valence-corrected chi connectivity index (χ2v) is 10.3. The summed E-state index contributed by atoms with van der Waals surface area (Å²) in [4.78, 5) is 15.8. The molecule has 5 rings (SSSR count). The molecule has 0 spiro atoms. The standard InChI is InChI=1S/C27H27N3O2S2/c1-2-16-32-23-14-12-19(13-15-23)25-20(18-29(28-25)21-8-4-3-5-9-21)17-24-26(31)30(27(33)34-24)22-10-6-7-11-22/h3-5,8-9,12-15,17-18,22H,2,6-7,10-11,16H2,1H3/b24-17-. The fourth-order valence-electron chi connectivity index (χ4n) is 4.46. The number of thiocarbonyl (C=S) groups is 1. The normalized spacial score (nSPS) is 17.8. The molecule has 1 aromatic heterocycles. The van der Waals surface area contributed by atoms with E-state index in [1.54, 1.807) is 0 Å². The zero-order valence-electron chi connectivity index (χ0n) is 19.1. The Morgan fingerprint density at radius 1 is 1.12 bits per heavy atom. The van der Waals surface area contributed by atoms with E-state index in [-0.39, 0.29) is 11.9 Å². The second kappa shape index (κ2) is 10.2. The van der Waals surface area contributed by atoms with Crippen LogP contribution in [0, 0.1) is 0 Å². The van der Waals surface area contributed by atoms with E-state index in [1.165, 1.54) is 11.8 Å². The monoisotopic (exact) mass is 489 g/mol. The largest absolute Gasteiger partial charge is 0.494 e. The second-order valence-electron chi connectivity index (χ2n) is 8.58. The molecule has 0 atom stereocenters. The van der Waals surface area contributed by atoms with E-state index in [4.69, 9.17) is 22.1 Å². The van der Waals surface area contributed by atoms with Gasteiger partial charge in [0.15, 0.2) is 0 Å². The Morgan fingerprint density at radius 3 is 2.56 bits per heavy atom. The van der Waals surface area contributed by atoms with E-state index in [9.17, 15) is 4.79 Å². The number of nitrogens with zero attached hydrogens (tertiary/aromatic N) is 3. The predicted molar refractivity (Wildman–Crippen MR) is 142 cm³/mol. The predicted octanol–water partition coefficient (Wildman–Crippen LogP) is 6.47. The highest BCUT2D eigenvalue weighted by Gasteiger charge is 2.38. The fraction of sp³-hybridized carbons (Fsp3) is 0.296. The molecule has 174 valence electrons. The lowest BCUT2D eigenvalue weighted by Gasteiger charge is -2.21. The van der Waals surface area contributed by atoms with Crippen LogP contribution < -0.4 is 4.74 Å². The molecular formula is C27H27N3O2S2. The first-order chi connectivity index (χ1) is 16.6. The van der Waals surface area contributed by atoms with Crippen molar-refractivity contribution in [2.24, 2.45) is 0 Å². The van der Waals surface area contributed by atoms with Gasteiger partial charge in [0.2, 0.25) is 0 Å². The molecule has 0 radical (unpaired) electrons. The SMILES string of the molecule is CCCOc1ccc(-c2nn(-c3ccccc3)cc2/C=C2\SC(=S)N(C3CCCC3)C2=O)cc1. The highest BCUT2D eigenvalue weighted by molar-refractivity contribution is 8.26. The minimum atomic E-state index is 0.0172. The number of carbonyl (C=O) groups is 1. The zero-order valence-corrected chi connectivity index (χ0v) is 20.8. The fourth-order valence-corrected chi connectivity index (χ4v) is 5.85. The number of hydrogen-bond donors (Lipinski definition) is 0. The molecule has 2 heterocycles. The molecule has 0 N–H and O–H groups in total. The summed E-state index contributed by atoms with van der Waals surface area (Å²) < 4.78 is 8.27. The van der Waals surface area contributed by atoms with Gasteiger partial charge in [0.05, 0.1) is 22.9 Å². The number of para-hydroxylation sites is 1. The van der Waals surface area contributed by atoms with Crippen LogP contribution >= 0.6 is 24.0 Å². The zero-order chi connectivity index (χ0) is 23.5. The number of thioether (sulfide) groups is 1. The molecule has 1 aliphatic carbocycles. The summed E-state index contributed by atoms with van der Waals surface area (Å²) in [7, 11) is 0. The van der Waals surface area contributed by atoms with Crippen molar-refractivity contribution in [3.63, 3.8) is 0 Å².